The Balaban J connectivity index is 1.43. The molecule has 2 aromatic heterocycles. The number of likely N-dealkylation sites (N-methyl/N-ethyl adjacent to an activating group) is 1. The van der Waals surface area contributed by atoms with E-state index in [1.54, 1.807) is 36.4 Å². The van der Waals surface area contributed by atoms with E-state index in [-0.39, 0.29) is 11.9 Å². The Kier molecular flexibility index (Phi) is 8.05. The highest BCUT2D eigenvalue weighted by Crippen LogP contribution is 2.30. The number of hydrogen-bond donors (Lipinski definition) is 2. The predicted molar refractivity (Wildman–Crippen MR) is 144 cm³/mol. The van der Waals surface area contributed by atoms with Gasteiger partial charge in [0, 0.05) is 43.9 Å². The Hall–Kier alpha value is -3.65. The number of likely N-dealkylation sites (tertiary alicyclic amines) is 1. The summed E-state index contributed by atoms with van der Waals surface area (Å²) in [5, 5.41) is 4.06. The van der Waals surface area contributed by atoms with Crippen LogP contribution in [0.5, 0.6) is 0 Å². The minimum Gasteiger partial charge on any atom is -0.459 e. The minimum absolute atomic E-state index is 0.0653. The third-order valence-corrected chi connectivity index (χ3v) is 6.94. The van der Waals surface area contributed by atoms with Crippen LogP contribution in [-0.4, -0.2) is 60.2 Å². The van der Waals surface area contributed by atoms with Gasteiger partial charge in [-0.05, 0) is 75.0 Å². The molecule has 3 aromatic rings. The first-order valence-electron chi connectivity index (χ1n) is 12.5. The highest BCUT2D eigenvalue weighted by Gasteiger charge is 2.21. The van der Waals surface area contributed by atoms with Gasteiger partial charge in [-0.25, -0.2) is 4.98 Å². The lowest BCUT2D eigenvalue weighted by molar-refractivity contribution is -0.125. The Labute approximate surface area is 212 Å². The maximum Gasteiger partial charge on any atom is 0.246 e. The van der Waals surface area contributed by atoms with Gasteiger partial charge in [0.25, 0.3) is 0 Å². The van der Waals surface area contributed by atoms with Gasteiger partial charge in [0.05, 0.1) is 11.7 Å². The first-order chi connectivity index (χ1) is 17.4. The van der Waals surface area contributed by atoms with Gasteiger partial charge >= 0.3 is 0 Å². The number of nitrogens with zero attached hydrogens (tertiary/aromatic N) is 3. The van der Waals surface area contributed by atoms with Crippen LogP contribution in [0.1, 0.15) is 41.7 Å². The molecule has 1 amide bonds. The maximum atomic E-state index is 12.9. The molecule has 190 valence electrons. The summed E-state index contributed by atoms with van der Waals surface area (Å²) in [6.07, 6.45) is 9.94. The van der Waals surface area contributed by atoms with E-state index >= 15 is 0 Å². The molecule has 1 aliphatic heterocycles. The maximum absolute atomic E-state index is 12.9. The lowest BCUT2D eigenvalue weighted by Crippen LogP contribution is -2.34. The lowest BCUT2D eigenvalue weighted by atomic mass is 10.0. The molecule has 1 aromatic carbocycles. The highest BCUT2D eigenvalue weighted by molar-refractivity contribution is 5.93. The van der Waals surface area contributed by atoms with Gasteiger partial charge in [0.1, 0.15) is 17.9 Å². The van der Waals surface area contributed by atoms with Gasteiger partial charge in [-0.1, -0.05) is 12.1 Å². The largest absolute Gasteiger partial charge is 0.459 e. The minimum atomic E-state index is -0.123. The number of furan rings is 1. The number of fused-ring (bicyclic) bond motifs is 1. The number of rotatable bonds is 10. The molecule has 4 rings (SSSR count). The van der Waals surface area contributed by atoms with Crippen LogP contribution in [-0.2, 0) is 22.6 Å². The normalized spacial score (nSPS) is 15.0. The van der Waals surface area contributed by atoms with E-state index < -0.39 is 0 Å². The quantitative estimate of drug-likeness (QED) is 0.252. The fraction of sp³-hybridized carbons (Fsp3) is 0.393. The number of amides is 1. The Bertz CT molecular complexity index is 1260. The summed E-state index contributed by atoms with van der Waals surface area (Å²) < 4.78 is 5.84. The molecule has 1 atom stereocenters. The molecule has 1 fully saturated rings. The third kappa shape index (κ3) is 5.60. The van der Waals surface area contributed by atoms with Crippen molar-refractivity contribution in [1.29, 1.82) is 0 Å². The van der Waals surface area contributed by atoms with Crippen LogP contribution >= 0.6 is 0 Å². The number of aldehydes is 1. The number of aryl methyl sites for hydroxylation is 2. The summed E-state index contributed by atoms with van der Waals surface area (Å²) in [5.41, 5.74) is 10.1. The SMILES string of the molecule is CNc1ncc(/C=C/C(=O)N(C)Cc2c(C)oc3c(N)cccc23)cc1CCC(C=O)N1CCCC1. The molecule has 3 N–H and O–H groups in total. The first-order valence-corrected chi connectivity index (χ1v) is 12.5. The number of benzene rings is 1. The van der Waals surface area contributed by atoms with Gasteiger partial charge in [-0.2, -0.15) is 0 Å². The van der Waals surface area contributed by atoms with E-state index in [2.05, 4.69) is 15.2 Å². The molecule has 3 heterocycles. The Morgan fingerprint density at radius 1 is 1.33 bits per heavy atom. The predicted octanol–water partition coefficient (Wildman–Crippen LogP) is 4.03. The average molecular weight is 490 g/mol. The van der Waals surface area contributed by atoms with Crippen molar-refractivity contribution in [2.75, 3.05) is 38.2 Å². The van der Waals surface area contributed by atoms with Crippen molar-refractivity contribution >= 4 is 40.7 Å². The molecule has 36 heavy (non-hydrogen) atoms. The number of nitrogens with two attached hydrogens (primary N) is 1. The molecule has 0 aliphatic carbocycles. The first kappa shape index (κ1) is 25.4. The number of anilines is 2. The summed E-state index contributed by atoms with van der Waals surface area (Å²) in [4.78, 5) is 33.0. The zero-order valence-electron chi connectivity index (χ0n) is 21.3. The second kappa shape index (κ2) is 11.4. The lowest BCUT2D eigenvalue weighted by Gasteiger charge is -2.22. The van der Waals surface area contributed by atoms with Gasteiger partial charge in [-0.3, -0.25) is 9.69 Å². The fourth-order valence-corrected chi connectivity index (χ4v) is 4.87. The number of pyridine rings is 1. The van der Waals surface area contributed by atoms with Crippen LogP contribution in [0.25, 0.3) is 17.0 Å². The fourth-order valence-electron chi connectivity index (χ4n) is 4.87. The van der Waals surface area contributed by atoms with Crippen molar-refractivity contribution in [3.05, 3.63) is 59.0 Å². The molecule has 0 radical (unpaired) electrons. The van der Waals surface area contributed by atoms with Gasteiger partial charge < -0.3 is 25.2 Å². The van der Waals surface area contributed by atoms with E-state index in [4.69, 9.17) is 10.2 Å². The van der Waals surface area contributed by atoms with Crippen LogP contribution in [0.2, 0.25) is 0 Å². The van der Waals surface area contributed by atoms with Gasteiger partial charge in [0.2, 0.25) is 5.91 Å². The van der Waals surface area contributed by atoms with E-state index in [9.17, 15) is 9.59 Å². The molecular weight excluding hydrogens is 454 g/mol. The van der Waals surface area contributed by atoms with Gasteiger partial charge in [-0.15, -0.1) is 0 Å². The van der Waals surface area contributed by atoms with Crippen molar-refractivity contribution in [2.45, 2.75) is 45.2 Å². The molecular formula is C28H35N5O3. The number of carbonyl (C=O) groups is 2. The van der Waals surface area contributed by atoms with Crippen LogP contribution in [0.4, 0.5) is 11.5 Å². The number of aromatic nitrogens is 1. The number of nitrogen functional groups attached to an aromatic ring is 1. The van der Waals surface area contributed by atoms with E-state index in [0.29, 0.717) is 17.8 Å². The van der Waals surface area contributed by atoms with Crippen molar-refractivity contribution in [3.63, 3.8) is 0 Å². The van der Waals surface area contributed by atoms with Crippen molar-refractivity contribution in [3.8, 4) is 0 Å². The Morgan fingerprint density at radius 3 is 2.83 bits per heavy atom. The van der Waals surface area contributed by atoms with Gasteiger partial charge in [0.15, 0.2) is 5.58 Å². The smallest absolute Gasteiger partial charge is 0.246 e. The molecule has 1 aliphatic rings. The molecule has 0 spiro atoms. The van der Waals surface area contributed by atoms with Crippen molar-refractivity contribution < 1.29 is 14.0 Å². The molecule has 1 unspecified atom stereocenters. The number of nitrogens with one attached hydrogen (secondary N) is 1. The summed E-state index contributed by atoms with van der Waals surface area (Å²) in [6.45, 7) is 4.27. The average Bonchev–Trinajstić information content (AvgIpc) is 3.52. The molecule has 8 nitrogen and oxygen atoms in total. The Morgan fingerprint density at radius 2 is 2.11 bits per heavy atom. The van der Waals surface area contributed by atoms with Crippen LogP contribution < -0.4 is 11.1 Å². The number of carbonyl (C=O) groups excluding carboxylic acids is 2. The van der Waals surface area contributed by atoms with E-state index in [1.807, 2.05) is 32.2 Å². The summed E-state index contributed by atoms with van der Waals surface area (Å²) in [6, 6.07) is 7.62. The molecule has 1 saturated heterocycles. The van der Waals surface area contributed by atoms with E-state index in [1.165, 1.54) is 0 Å². The highest BCUT2D eigenvalue weighted by atomic mass is 16.3. The van der Waals surface area contributed by atoms with Crippen LogP contribution in [0, 0.1) is 6.92 Å². The molecule has 0 bridgehead atoms. The topological polar surface area (TPSA) is 105 Å². The molecule has 0 saturated carbocycles. The van der Waals surface area contributed by atoms with Crippen LogP contribution in [0.15, 0.2) is 41.0 Å². The van der Waals surface area contributed by atoms with E-state index in [0.717, 1.165) is 78.7 Å². The number of hydrogen-bond acceptors (Lipinski definition) is 7. The standard InChI is InChI=1S/C28H35N5O3/c1-19-24(23-7-6-8-25(29)27(23)36-19)17-32(3)26(35)12-9-20-15-21(28(30-2)31-16-20)10-11-22(18-34)33-13-4-5-14-33/h6-9,12,15-16,18,22H,4-5,10-11,13-14,17,29H2,1-3H3,(H,30,31)/b12-9+. The second-order valence-electron chi connectivity index (χ2n) is 9.40. The summed E-state index contributed by atoms with van der Waals surface area (Å²) in [7, 11) is 3.61. The zero-order chi connectivity index (χ0) is 25.7. The number of para-hydroxylation sites is 1. The summed E-state index contributed by atoms with van der Waals surface area (Å²) in [5.74, 6) is 1.43. The third-order valence-electron chi connectivity index (χ3n) is 6.94. The summed E-state index contributed by atoms with van der Waals surface area (Å²) >= 11 is 0. The van der Waals surface area contributed by atoms with Crippen LogP contribution in [0.3, 0.4) is 0 Å². The molecule has 8 heteroatoms. The zero-order valence-corrected chi connectivity index (χ0v) is 21.3. The van der Waals surface area contributed by atoms with Crippen molar-refractivity contribution in [1.82, 2.24) is 14.8 Å². The monoisotopic (exact) mass is 489 g/mol. The van der Waals surface area contributed by atoms with Crippen molar-refractivity contribution in [2.24, 2.45) is 0 Å². The second-order valence-corrected chi connectivity index (χ2v) is 9.40.